The van der Waals surface area contributed by atoms with Crippen LogP contribution in [0.15, 0.2) is 42.5 Å². The Hall–Kier alpha value is -1.87. The van der Waals surface area contributed by atoms with Crippen LogP contribution in [0.1, 0.15) is 23.6 Å². The number of aryl methyl sites for hydroxylation is 2. The molecule has 19 heavy (non-hydrogen) atoms. The number of benzene rings is 2. The first kappa shape index (κ1) is 13.6. The maximum absolute atomic E-state index is 5.63. The van der Waals surface area contributed by atoms with Crippen molar-refractivity contribution in [3.05, 3.63) is 59.2 Å². The van der Waals surface area contributed by atoms with Crippen molar-refractivity contribution in [1.29, 1.82) is 0 Å². The van der Waals surface area contributed by atoms with Crippen LogP contribution in [0.2, 0.25) is 0 Å². The van der Waals surface area contributed by atoms with Crippen molar-refractivity contribution in [3.63, 3.8) is 0 Å². The van der Waals surface area contributed by atoms with E-state index in [9.17, 15) is 0 Å². The molecule has 0 heterocycles. The zero-order valence-electron chi connectivity index (χ0n) is 11.2. The van der Waals surface area contributed by atoms with Gasteiger partial charge in [-0.1, -0.05) is 31.3 Å². The van der Waals surface area contributed by atoms with Gasteiger partial charge in [0.15, 0.2) is 0 Å². The summed E-state index contributed by atoms with van der Waals surface area (Å²) in [5.41, 5.74) is 11.2. The van der Waals surface area contributed by atoms with E-state index in [1.54, 1.807) is 0 Å². The Morgan fingerprint density at radius 1 is 1.16 bits per heavy atom. The minimum Gasteiger partial charge on any atom is -0.389 e. The smallest absolute Gasteiger partial charge is 0.103 e. The predicted molar refractivity (Wildman–Crippen MR) is 86.2 cm³/mol. The van der Waals surface area contributed by atoms with Gasteiger partial charge in [-0.2, -0.15) is 0 Å². The van der Waals surface area contributed by atoms with Gasteiger partial charge in [-0.05, 0) is 54.8 Å². The Kier molecular flexibility index (Phi) is 4.17. The van der Waals surface area contributed by atoms with Gasteiger partial charge >= 0.3 is 0 Å². The second-order valence-corrected chi connectivity index (χ2v) is 5.01. The summed E-state index contributed by atoms with van der Waals surface area (Å²) in [6.07, 6.45) is 1.06. The molecule has 3 N–H and O–H groups in total. The van der Waals surface area contributed by atoms with E-state index in [4.69, 9.17) is 18.0 Å². The molecule has 2 aromatic carbocycles. The SMILES string of the molecule is CCc1ccc(Nc2ccc(C(N)=S)cc2C)cc1. The summed E-state index contributed by atoms with van der Waals surface area (Å²) in [5, 5.41) is 3.41. The van der Waals surface area contributed by atoms with Crippen LogP contribution >= 0.6 is 12.2 Å². The van der Waals surface area contributed by atoms with Crippen LogP contribution in [-0.2, 0) is 6.42 Å². The van der Waals surface area contributed by atoms with E-state index in [1.165, 1.54) is 5.56 Å². The molecule has 0 saturated heterocycles. The summed E-state index contributed by atoms with van der Waals surface area (Å²) in [7, 11) is 0. The summed E-state index contributed by atoms with van der Waals surface area (Å²) >= 11 is 4.98. The van der Waals surface area contributed by atoms with Gasteiger partial charge in [0.2, 0.25) is 0 Å². The van der Waals surface area contributed by atoms with Crippen molar-refractivity contribution in [3.8, 4) is 0 Å². The van der Waals surface area contributed by atoms with Crippen LogP contribution in [0.5, 0.6) is 0 Å². The summed E-state index contributed by atoms with van der Waals surface area (Å²) in [6.45, 7) is 4.20. The maximum Gasteiger partial charge on any atom is 0.103 e. The quantitative estimate of drug-likeness (QED) is 0.827. The molecule has 0 bridgehead atoms. The van der Waals surface area contributed by atoms with Crippen molar-refractivity contribution in [2.75, 3.05) is 5.32 Å². The molecule has 0 spiro atoms. The van der Waals surface area contributed by atoms with Gasteiger partial charge in [0.05, 0.1) is 0 Å². The lowest BCUT2D eigenvalue weighted by Crippen LogP contribution is -2.09. The van der Waals surface area contributed by atoms with E-state index >= 15 is 0 Å². The first-order valence-corrected chi connectivity index (χ1v) is 6.77. The highest BCUT2D eigenvalue weighted by Crippen LogP contribution is 2.22. The molecule has 2 rings (SSSR count). The molecule has 0 aromatic heterocycles. The molecule has 0 saturated carbocycles. The minimum atomic E-state index is 0.432. The molecular weight excluding hydrogens is 252 g/mol. The third-order valence-electron chi connectivity index (χ3n) is 3.15. The average molecular weight is 270 g/mol. The van der Waals surface area contributed by atoms with Crippen molar-refractivity contribution in [1.82, 2.24) is 0 Å². The standard InChI is InChI=1S/C16H18N2S/c1-3-12-4-7-14(8-5-12)18-15-9-6-13(16(17)19)10-11(15)2/h4-10,18H,3H2,1-2H3,(H2,17,19). The number of hydrogen-bond acceptors (Lipinski definition) is 2. The monoisotopic (exact) mass is 270 g/mol. The molecule has 2 nitrogen and oxygen atoms in total. The minimum absolute atomic E-state index is 0.432. The van der Waals surface area contributed by atoms with E-state index in [1.807, 2.05) is 25.1 Å². The van der Waals surface area contributed by atoms with E-state index in [2.05, 4.69) is 36.5 Å². The molecule has 2 aromatic rings. The maximum atomic E-state index is 5.63. The van der Waals surface area contributed by atoms with E-state index in [0.29, 0.717) is 4.99 Å². The largest absolute Gasteiger partial charge is 0.389 e. The molecule has 0 amide bonds. The molecular formula is C16H18N2S. The van der Waals surface area contributed by atoms with Crippen LogP contribution in [0.4, 0.5) is 11.4 Å². The fourth-order valence-electron chi connectivity index (χ4n) is 1.94. The van der Waals surface area contributed by atoms with Gasteiger partial charge in [0.1, 0.15) is 4.99 Å². The van der Waals surface area contributed by atoms with Crippen LogP contribution in [-0.4, -0.2) is 4.99 Å². The Morgan fingerprint density at radius 2 is 1.84 bits per heavy atom. The fraction of sp³-hybridized carbons (Fsp3) is 0.188. The molecule has 0 unspecified atom stereocenters. The molecule has 0 aliphatic carbocycles. The normalized spacial score (nSPS) is 10.2. The van der Waals surface area contributed by atoms with Crippen molar-refractivity contribution < 1.29 is 0 Å². The third kappa shape index (κ3) is 3.32. The summed E-state index contributed by atoms with van der Waals surface area (Å²) in [4.78, 5) is 0.432. The molecule has 98 valence electrons. The third-order valence-corrected chi connectivity index (χ3v) is 3.39. The highest BCUT2D eigenvalue weighted by Gasteiger charge is 2.02. The average Bonchev–Trinajstić information content (AvgIpc) is 2.41. The highest BCUT2D eigenvalue weighted by molar-refractivity contribution is 7.80. The number of rotatable bonds is 4. The van der Waals surface area contributed by atoms with Gasteiger partial charge in [0.25, 0.3) is 0 Å². The number of nitrogens with one attached hydrogen (secondary N) is 1. The first-order chi connectivity index (χ1) is 9.10. The van der Waals surface area contributed by atoms with Crippen molar-refractivity contribution in [2.45, 2.75) is 20.3 Å². The number of thiocarbonyl (C=S) groups is 1. The highest BCUT2D eigenvalue weighted by atomic mass is 32.1. The van der Waals surface area contributed by atoms with Gasteiger partial charge in [-0.15, -0.1) is 0 Å². The lowest BCUT2D eigenvalue weighted by atomic mass is 10.1. The molecule has 0 fully saturated rings. The van der Waals surface area contributed by atoms with Crippen LogP contribution in [0.3, 0.4) is 0 Å². The van der Waals surface area contributed by atoms with Crippen LogP contribution < -0.4 is 11.1 Å². The zero-order chi connectivity index (χ0) is 13.8. The molecule has 0 aliphatic heterocycles. The fourth-order valence-corrected chi connectivity index (χ4v) is 2.06. The molecule has 3 heteroatoms. The summed E-state index contributed by atoms with van der Waals surface area (Å²) < 4.78 is 0. The number of hydrogen-bond donors (Lipinski definition) is 2. The van der Waals surface area contributed by atoms with Crippen LogP contribution in [0.25, 0.3) is 0 Å². The summed E-state index contributed by atoms with van der Waals surface area (Å²) in [5.74, 6) is 0. The Morgan fingerprint density at radius 3 is 2.37 bits per heavy atom. The van der Waals surface area contributed by atoms with E-state index < -0.39 is 0 Å². The Balaban J connectivity index is 2.20. The second-order valence-electron chi connectivity index (χ2n) is 4.57. The van der Waals surface area contributed by atoms with Crippen molar-refractivity contribution >= 4 is 28.6 Å². The first-order valence-electron chi connectivity index (χ1n) is 6.36. The molecule has 0 atom stereocenters. The predicted octanol–water partition coefficient (Wildman–Crippen LogP) is 3.94. The number of anilines is 2. The van der Waals surface area contributed by atoms with Gasteiger partial charge in [0, 0.05) is 16.9 Å². The van der Waals surface area contributed by atoms with Gasteiger partial charge in [-0.25, -0.2) is 0 Å². The Labute approximate surface area is 119 Å². The zero-order valence-corrected chi connectivity index (χ0v) is 12.1. The van der Waals surface area contributed by atoms with Gasteiger partial charge in [-0.3, -0.25) is 0 Å². The summed E-state index contributed by atoms with van der Waals surface area (Å²) in [6, 6.07) is 14.4. The lowest BCUT2D eigenvalue weighted by molar-refractivity contribution is 1.14. The van der Waals surface area contributed by atoms with Crippen LogP contribution in [0, 0.1) is 6.92 Å². The second kappa shape index (κ2) is 5.85. The Bertz CT molecular complexity index is 588. The molecule has 0 radical (unpaired) electrons. The van der Waals surface area contributed by atoms with Gasteiger partial charge < -0.3 is 11.1 Å². The topological polar surface area (TPSA) is 38.0 Å². The number of nitrogens with two attached hydrogens (primary N) is 1. The molecule has 0 aliphatic rings. The lowest BCUT2D eigenvalue weighted by Gasteiger charge is -2.11. The van der Waals surface area contributed by atoms with Crippen molar-refractivity contribution in [2.24, 2.45) is 5.73 Å². The van der Waals surface area contributed by atoms with E-state index in [0.717, 1.165) is 28.9 Å². The van der Waals surface area contributed by atoms with E-state index in [-0.39, 0.29) is 0 Å².